The number of pyridine rings is 1. The van der Waals surface area contributed by atoms with Gasteiger partial charge in [0.25, 0.3) is 0 Å². The van der Waals surface area contributed by atoms with Crippen molar-refractivity contribution in [2.45, 2.75) is 71.3 Å². The van der Waals surface area contributed by atoms with Crippen molar-refractivity contribution < 1.29 is 22.7 Å². The molecule has 8 heteroatoms. The van der Waals surface area contributed by atoms with Crippen LogP contribution < -0.4 is 4.74 Å². The minimum Gasteiger partial charge on any atom is -0.492 e. The molecule has 5 nitrogen and oxygen atoms in total. The first kappa shape index (κ1) is 25.5. The second kappa shape index (κ2) is 11.0. The molecular formula is C27H34F3N3O2. The van der Waals surface area contributed by atoms with Crippen molar-refractivity contribution in [2.75, 3.05) is 19.7 Å². The van der Waals surface area contributed by atoms with Crippen LogP contribution in [-0.2, 0) is 30.5 Å². The Morgan fingerprint density at radius 1 is 1.11 bits per heavy atom. The maximum Gasteiger partial charge on any atom is 0.417 e. The Morgan fingerprint density at radius 3 is 2.66 bits per heavy atom. The van der Waals surface area contributed by atoms with Crippen LogP contribution in [0.2, 0.25) is 0 Å². The summed E-state index contributed by atoms with van der Waals surface area (Å²) in [5, 5.41) is 0. The average Bonchev–Trinajstić information content (AvgIpc) is 3.23. The van der Waals surface area contributed by atoms with Crippen LogP contribution in [0.4, 0.5) is 13.2 Å². The van der Waals surface area contributed by atoms with E-state index in [9.17, 15) is 18.0 Å². The molecule has 0 saturated heterocycles. The smallest absolute Gasteiger partial charge is 0.417 e. The quantitative estimate of drug-likeness (QED) is 0.562. The summed E-state index contributed by atoms with van der Waals surface area (Å²) in [5.74, 6) is 0.904. The van der Waals surface area contributed by atoms with Gasteiger partial charge in [0, 0.05) is 62.0 Å². The van der Waals surface area contributed by atoms with E-state index >= 15 is 0 Å². The van der Waals surface area contributed by atoms with Crippen molar-refractivity contribution in [3.05, 3.63) is 58.9 Å². The molecule has 1 aromatic heterocycles. The fourth-order valence-electron chi connectivity index (χ4n) is 5.20. The molecule has 1 fully saturated rings. The number of amides is 1. The van der Waals surface area contributed by atoms with Gasteiger partial charge in [0.1, 0.15) is 12.4 Å². The van der Waals surface area contributed by atoms with Gasteiger partial charge >= 0.3 is 6.18 Å². The van der Waals surface area contributed by atoms with Crippen LogP contribution >= 0.6 is 0 Å². The first-order valence-electron chi connectivity index (χ1n) is 12.6. The molecule has 1 amide bonds. The molecule has 5 rings (SSSR count). The molecule has 2 aliphatic heterocycles. The maximum absolute atomic E-state index is 13.2. The molecule has 0 N–H and O–H groups in total. The number of para-hydroxylation sites is 1. The lowest BCUT2D eigenvalue weighted by molar-refractivity contribution is -0.137. The number of carbonyl (C=O) groups excluding carboxylic acids is 1. The molecule has 1 aliphatic carbocycles. The minimum absolute atomic E-state index is 0.0574. The van der Waals surface area contributed by atoms with Gasteiger partial charge in [0.2, 0.25) is 5.91 Å². The molecule has 3 aliphatic rings. The maximum atomic E-state index is 13.2. The molecule has 2 atom stereocenters. The van der Waals surface area contributed by atoms with Crippen LogP contribution in [0.5, 0.6) is 5.75 Å². The Bertz CT molecular complexity index is 1030. The molecule has 35 heavy (non-hydrogen) atoms. The van der Waals surface area contributed by atoms with E-state index in [4.69, 9.17) is 4.74 Å². The van der Waals surface area contributed by atoms with Crippen molar-refractivity contribution in [2.24, 2.45) is 5.92 Å². The fraction of sp³-hybridized carbons (Fsp3) is 0.556. The Labute approximate surface area is 205 Å². The predicted molar refractivity (Wildman–Crippen MR) is 128 cm³/mol. The summed E-state index contributed by atoms with van der Waals surface area (Å²) in [6.07, 6.45) is 0.750. The second-order valence-electron chi connectivity index (χ2n) is 9.63. The molecular weight excluding hydrogens is 455 g/mol. The lowest BCUT2D eigenvalue weighted by Gasteiger charge is -2.31. The van der Waals surface area contributed by atoms with Crippen molar-refractivity contribution >= 4 is 5.91 Å². The van der Waals surface area contributed by atoms with Crippen LogP contribution in [0.1, 0.15) is 61.9 Å². The van der Waals surface area contributed by atoms with E-state index in [-0.39, 0.29) is 18.4 Å². The molecule has 0 bridgehead atoms. The van der Waals surface area contributed by atoms with E-state index in [0.29, 0.717) is 36.9 Å². The van der Waals surface area contributed by atoms with Gasteiger partial charge in [-0.05, 0) is 37.0 Å². The number of ether oxygens (including phenoxy) is 1. The van der Waals surface area contributed by atoms with Crippen molar-refractivity contribution in [3.63, 3.8) is 0 Å². The summed E-state index contributed by atoms with van der Waals surface area (Å²) >= 11 is 0. The number of benzene rings is 1. The van der Waals surface area contributed by atoms with Crippen molar-refractivity contribution in [3.8, 4) is 5.75 Å². The van der Waals surface area contributed by atoms with E-state index in [1.807, 2.05) is 18.2 Å². The highest BCUT2D eigenvalue weighted by Crippen LogP contribution is 2.35. The van der Waals surface area contributed by atoms with Gasteiger partial charge in [0.05, 0.1) is 5.56 Å². The summed E-state index contributed by atoms with van der Waals surface area (Å²) in [4.78, 5) is 21.4. The summed E-state index contributed by atoms with van der Waals surface area (Å²) in [7, 11) is 0. The molecule has 2 aromatic rings. The third-order valence-corrected chi connectivity index (χ3v) is 6.93. The number of hydrogen-bond donors (Lipinski definition) is 0. The third kappa shape index (κ3) is 5.97. The van der Waals surface area contributed by atoms with E-state index in [1.165, 1.54) is 12.0 Å². The molecule has 2 unspecified atom stereocenters. The SMILES string of the molecule is CCC.O=C(C1CCC(N2CCOc3ccccc3C2)C1)N1CCc2ncc(C(F)(F)F)cc2C1. The van der Waals surface area contributed by atoms with Crippen LogP contribution in [0, 0.1) is 5.92 Å². The van der Waals surface area contributed by atoms with Crippen LogP contribution in [-0.4, -0.2) is 46.4 Å². The summed E-state index contributed by atoms with van der Waals surface area (Å²) < 4.78 is 45.1. The highest BCUT2D eigenvalue weighted by atomic mass is 19.4. The average molecular weight is 490 g/mol. The Balaban J connectivity index is 0.000000917. The standard InChI is InChI=1S/C24H26F3N3O2.C3H8/c25-24(26,27)19-11-18-15-30(8-7-21(18)28-13-19)23(31)16-5-6-20(12-16)29-9-10-32-22-4-2-1-3-17(22)14-29;1-3-2/h1-4,11,13,16,20H,5-10,12,14-15H2;3H2,1-2H3. The number of aromatic nitrogens is 1. The van der Waals surface area contributed by atoms with Gasteiger partial charge in [-0.3, -0.25) is 14.7 Å². The molecule has 0 radical (unpaired) electrons. The van der Waals surface area contributed by atoms with Gasteiger partial charge in [0.15, 0.2) is 0 Å². The third-order valence-electron chi connectivity index (χ3n) is 6.93. The number of alkyl halides is 3. The normalized spacial score (nSPS) is 22.3. The topological polar surface area (TPSA) is 45.7 Å². The summed E-state index contributed by atoms with van der Waals surface area (Å²) in [5.41, 5.74) is 1.58. The minimum atomic E-state index is -4.43. The highest BCUT2D eigenvalue weighted by Gasteiger charge is 2.38. The first-order valence-corrected chi connectivity index (χ1v) is 12.6. The number of nitrogens with zero attached hydrogens (tertiary/aromatic N) is 3. The summed E-state index contributed by atoms with van der Waals surface area (Å²) in [6, 6.07) is 9.53. The number of hydrogen-bond acceptors (Lipinski definition) is 4. The Kier molecular flexibility index (Phi) is 7.99. The zero-order valence-electron chi connectivity index (χ0n) is 20.5. The predicted octanol–water partition coefficient (Wildman–Crippen LogP) is 5.46. The number of halogens is 3. The van der Waals surface area contributed by atoms with E-state index < -0.39 is 11.7 Å². The van der Waals surface area contributed by atoms with Gasteiger partial charge in [-0.1, -0.05) is 38.5 Å². The zero-order valence-corrected chi connectivity index (χ0v) is 20.5. The molecule has 0 spiro atoms. The Morgan fingerprint density at radius 2 is 1.89 bits per heavy atom. The molecule has 1 saturated carbocycles. The van der Waals surface area contributed by atoms with Gasteiger partial charge in [-0.15, -0.1) is 0 Å². The van der Waals surface area contributed by atoms with E-state index in [0.717, 1.165) is 50.4 Å². The van der Waals surface area contributed by atoms with E-state index in [1.54, 1.807) is 4.90 Å². The van der Waals surface area contributed by atoms with Crippen LogP contribution in [0.3, 0.4) is 0 Å². The first-order chi connectivity index (χ1) is 16.8. The van der Waals surface area contributed by atoms with E-state index in [2.05, 4.69) is 29.8 Å². The number of rotatable bonds is 2. The lowest BCUT2D eigenvalue weighted by Crippen LogP contribution is -2.40. The molecule has 190 valence electrons. The van der Waals surface area contributed by atoms with Gasteiger partial charge in [-0.2, -0.15) is 13.2 Å². The second-order valence-corrected chi connectivity index (χ2v) is 9.63. The van der Waals surface area contributed by atoms with Crippen LogP contribution in [0.25, 0.3) is 0 Å². The molecule has 1 aromatic carbocycles. The van der Waals surface area contributed by atoms with Crippen molar-refractivity contribution in [1.82, 2.24) is 14.8 Å². The van der Waals surface area contributed by atoms with Crippen LogP contribution in [0.15, 0.2) is 36.5 Å². The monoisotopic (exact) mass is 489 g/mol. The lowest BCUT2D eigenvalue weighted by atomic mass is 10.00. The zero-order chi connectivity index (χ0) is 25.0. The molecule has 3 heterocycles. The van der Waals surface area contributed by atoms with Gasteiger partial charge in [-0.25, -0.2) is 0 Å². The number of fused-ring (bicyclic) bond motifs is 2. The fourth-order valence-corrected chi connectivity index (χ4v) is 5.20. The van der Waals surface area contributed by atoms with Crippen molar-refractivity contribution in [1.29, 1.82) is 0 Å². The highest BCUT2D eigenvalue weighted by molar-refractivity contribution is 5.79. The largest absolute Gasteiger partial charge is 0.492 e. The summed E-state index contributed by atoms with van der Waals surface area (Å²) in [6.45, 7) is 7.23. The number of carbonyl (C=O) groups is 1. The Hall–Kier alpha value is -2.61. The van der Waals surface area contributed by atoms with Gasteiger partial charge < -0.3 is 9.64 Å².